The molecule has 1 atom stereocenters. The van der Waals surface area contributed by atoms with Crippen molar-refractivity contribution in [3.63, 3.8) is 0 Å². The minimum Gasteiger partial charge on any atom is -0.400 e. The summed E-state index contributed by atoms with van der Waals surface area (Å²) in [6, 6.07) is 0. The first-order valence-electron chi connectivity index (χ1n) is 10.4. The highest BCUT2D eigenvalue weighted by atomic mass is 16.7. The fourth-order valence-corrected chi connectivity index (χ4v) is 4.87. The molecule has 0 spiro atoms. The topological polar surface area (TPSA) is 18.5 Å². The smallest absolute Gasteiger partial charge is 0.400 e. The van der Waals surface area contributed by atoms with E-state index >= 15 is 0 Å². The number of allylic oxidation sites excluding steroid dienone is 2. The lowest BCUT2D eigenvalue weighted by Gasteiger charge is -2.35. The van der Waals surface area contributed by atoms with Crippen molar-refractivity contribution in [3.05, 3.63) is 11.5 Å². The van der Waals surface area contributed by atoms with Gasteiger partial charge in [-0.25, -0.2) is 0 Å². The van der Waals surface area contributed by atoms with Crippen LogP contribution in [-0.2, 0) is 9.31 Å². The molecule has 3 rings (SSSR count). The Labute approximate surface area is 149 Å². The van der Waals surface area contributed by atoms with Crippen LogP contribution >= 0.6 is 0 Å². The summed E-state index contributed by atoms with van der Waals surface area (Å²) in [6.45, 7) is 10.9. The minimum atomic E-state index is -0.215. The summed E-state index contributed by atoms with van der Waals surface area (Å²) in [5.74, 6) is 2.89. The number of hydrogen-bond acceptors (Lipinski definition) is 2. The normalized spacial score (nSPS) is 35.8. The van der Waals surface area contributed by atoms with Crippen molar-refractivity contribution in [2.75, 3.05) is 0 Å². The van der Waals surface area contributed by atoms with Gasteiger partial charge in [-0.1, -0.05) is 38.7 Å². The van der Waals surface area contributed by atoms with Crippen LogP contribution in [0.15, 0.2) is 11.5 Å². The van der Waals surface area contributed by atoms with E-state index in [-0.39, 0.29) is 18.3 Å². The van der Waals surface area contributed by atoms with E-state index in [9.17, 15) is 0 Å². The molecule has 2 fully saturated rings. The molecule has 1 heterocycles. The van der Waals surface area contributed by atoms with E-state index in [2.05, 4.69) is 40.7 Å². The van der Waals surface area contributed by atoms with E-state index in [0.717, 1.165) is 24.2 Å². The Kier molecular flexibility index (Phi) is 5.52. The lowest BCUT2D eigenvalue weighted by molar-refractivity contribution is 0.00578. The van der Waals surface area contributed by atoms with Gasteiger partial charge in [0.25, 0.3) is 0 Å². The fraction of sp³-hybridized carbons (Fsp3) is 0.905. The van der Waals surface area contributed by atoms with Crippen LogP contribution in [0, 0.1) is 17.8 Å². The van der Waals surface area contributed by atoms with Gasteiger partial charge in [0, 0.05) is 0 Å². The predicted octanol–water partition coefficient (Wildman–Crippen LogP) is 5.95. The largest absolute Gasteiger partial charge is 0.490 e. The van der Waals surface area contributed by atoms with Crippen molar-refractivity contribution in [3.8, 4) is 0 Å². The molecule has 3 heteroatoms. The molecule has 0 unspecified atom stereocenters. The summed E-state index contributed by atoms with van der Waals surface area (Å²) in [6.07, 6.45) is 14.9. The predicted molar refractivity (Wildman–Crippen MR) is 102 cm³/mol. The van der Waals surface area contributed by atoms with Gasteiger partial charge in [-0.15, -0.1) is 0 Å². The van der Waals surface area contributed by atoms with Crippen LogP contribution in [0.3, 0.4) is 0 Å². The van der Waals surface area contributed by atoms with Crippen molar-refractivity contribution >= 4 is 7.12 Å². The second-order valence-electron chi connectivity index (χ2n) is 9.47. The summed E-state index contributed by atoms with van der Waals surface area (Å²) in [4.78, 5) is 0. The molecular formula is C21H37BO2. The summed E-state index contributed by atoms with van der Waals surface area (Å²) in [5.41, 5.74) is 0.963. The maximum absolute atomic E-state index is 6.23. The Morgan fingerprint density at radius 1 is 0.958 bits per heavy atom. The maximum Gasteiger partial charge on any atom is 0.490 e. The van der Waals surface area contributed by atoms with Crippen LogP contribution in [0.25, 0.3) is 0 Å². The minimum absolute atomic E-state index is 0.115. The third kappa shape index (κ3) is 3.77. The lowest BCUT2D eigenvalue weighted by atomic mass is 9.66. The Morgan fingerprint density at radius 3 is 2.08 bits per heavy atom. The number of rotatable bonds is 4. The van der Waals surface area contributed by atoms with E-state index in [4.69, 9.17) is 9.31 Å². The monoisotopic (exact) mass is 332 g/mol. The summed E-state index contributed by atoms with van der Waals surface area (Å²) in [5, 5.41) is 0. The van der Waals surface area contributed by atoms with Gasteiger partial charge in [-0.2, -0.15) is 0 Å². The van der Waals surface area contributed by atoms with Crippen LogP contribution < -0.4 is 0 Å². The van der Waals surface area contributed by atoms with Gasteiger partial charge < -0.3 is 9.31 Å². The summed E-state index contributed by atoms with van der Waals surface area (Å²) in [7, 11) is -0.115. The van der Waals surface area contributed by atoms with Gasteiger partial charge in [-0.3, -0.25) is 0 Å². The van der Waals surface area contributed by atoms with Crippen molar-refractivity contribution in [2.45, 2.75) is 104 Å². The SMILES string of the molecule is CCCC1CCC([C@@H]2CC=C(B3OC(C)(C)C(C)(C)O3)CC2)CC1. The molecule has 2 aliphatic carbocycles. The zero-order valence-electron chi connectivity index (χ0n) is 16.6. The van der Waals surface area contributed by atoms with Crippen molar-refractivity contribution < 1.29 is 9.31 Å². The highest BCUT2D eigenvalue weighted by molar-refractivity contribution is 6.54. The van der Waals surface area contributed by atoms with Gasteiger partial charge in [0.15, 0.2) is 0 Å². The molecule has 0 bridgehead atoms. The average Bonchev–Trinajstić information content (AvgIpc) is 2.77. The molecule has 0 radical (unpaired) electrons. The Bertz CT molecular complexity index is 444. The van der Waals surface area contributed by atoms with Crippen LogP contribution in [0.4, 0.5) is 0 Å². The van der Waals surface area contributed by atoms with Crippen LogP contribution in [0.2, 0.25) is 0 Å². The van der Waals surface area contributed by atoms with Crippen LogP contribution in [0.1, 0.15) is 92.4 Å². The van der Waals surface area contributed by atoms with E-state index < -0.39 is 0 Å². The van der Waals surface area contributed by atoms with Gasteiger partial charge in [0.1, 0.15) is 0 Å². The lowest BCUT2D eigenvalue weighted by Crippen LogP contribution is -2.41. The standard InChI is InChI=1S/C21H37BO2/c1-6-7-16-8-10-17(11-9-16)18-12-14-19(15-13-18)22-23-20(2,3)21(4,5)24-22/h14,16-18H,6-13,15H2,1-5H3/t16?,17?,18-/m1/s1. The van der Waals surface area contributed by atoms with Gasteiger partial charge in [0.2, 0.25) is 0 Å². The molecule has 0 N–H and O–H groups in total. The third-order valence-corrected chi connectivity index (χ3v) is 7.30. The molecule has 0 aromatic carbocycles. The highest BCUT2D eigenvalue weighted by Gasteiger charge is 2.52. The van der Waals surface area contributed by atoms with Gasteiger partial charge >= 0.3 is 7.12 Å². The average molecular weight is 332 g/mol. The van der Waals surface area contributed by atoms with Gasteiger partial charge in [0.05, 0.1) is 11.2 Å². The first kappa shape index (κ1) is 18.5. The van der Waals surface area contributed by atoms with E-state index in [1.54, 1.807) is 0 Å². The molecule has 1 saturated heterocycles. The molecule has 3 aliphatic rings. The highest BCUT2D eigenvalue weighted by Crippen LogP contribution is 2.44. The van der Waals surface area contributed by atoms with Crippen molar-refractivity contribution in [1.29, 1.82) is 0 Å². The first-order valence-corrected chi connectivity index (χ1v) is 10.4. The Hall–Kier alpha value is -0.275. The zero-order valence-corrected chi connectivity index (χ0v) is 16.6. The molecule has 0 amide bonds. The molecule has 0 aromatic heterocycles. The summed E-state index contributed by atoms with van der Waals surface area (Å²) < 4.78 is 12.5. The van der Waals surface area contributed by atoms with E-state index in [1.807, 2.05) is 0 Å². The summed E-state index contributed by atoms with van der Waals surface area (Å²) >= 11 is 0. The Morgan fingerprint density at radius 2 is 1.58 bits per heavy atom. The van der Waals surface area contributed by atoms with E-state index in [0.29, 0.717) is 0 Å². The van der Waals surface area contributed by atoms with Gasteiger partial charge in [-0.05, 0) is 83.0 Å². The van der Waals surface area contributed by atoms with Crippen LogP contribution in [-0.4, -0.2) is 18.3 Å². The molecule has 24 heavy (non-hydrogen) atoms. The zero-order chi connectivity index (χ0) is 17.4. The second kappa shape index (κ2) is 7.15. The quantitative estimate of drug-likeness (QED) is 0.592. The molecule has 1 aliphatic heterocycles. The first-order chi connectivity index (χ1) is 11.3. The fourth-order valence-electron chi connectivity index (χ4n) is 4.87. The van der Waals surface area contributed by atoms with E-state index in [1.165, 1.54) is 56.8 Å². The molecule has 136 valence electrons. The number of hydrogen-bond donors (Lipinski definition) is 0. The van der Waals surface area contributed by atoms with Crippen molar-refractivity contribution in [1.82, 2.24) is 0 Å². The molecule has 2 nitrogen and oxygen atoms in total. The molecule has 0 aromatic rings. The molecule has 1 saturated carbocycles. The molecular weight excluding hydrogens is 295 g/mol. The third-order valence-electron chi connectivity index (χ3n) is 7.30. The Balaban J connectivity index is 1.52. The second-order valence-corrected chi connectivity index (χ2v) is 9.47. The van der Waals surface area contributed by atoms with Crippen LogP contribution in [0.5, 0.6) is 0 Å². The van der Waals surface area contributed by atoms with Crippen molar-refractivity contribution in [2.24, 2.45) is 17.8 Å². The maximum atomic E-state index is 6.23.